The normalized spacial score (nSPS) is 20.6. The lowest BCUT2D eigenvalue weighted by molar-refractivity contribution is -0.142. The Morgan fingerprint density at radius 2 is 2.04 bits per heavy atom. The van der Waals surface area contributed by atoms with Crippen molar-refractivity contribution in [3.63, 3.8) is 0 Å². The van der Waals surface area contributed by atoms with Crippen LogP contribution < -0.4 is 0 Å². The first-order valence-electron chi connectivity index (χ1n) is 9.25. The van der Waals surface area contributed by atoms with E-state index in [0.717, 1.165) is 41.5 Å². The van der Waals surface area contributed by atoms with Gasteiger partial charge in [0.1, 0.15) is 0 Å². The van der Waals surface area contributed by atoms with Crippen LogP contribution in [0.4, 0.5) is 0 Å². The van der Waals surface area contributed by atoms with Gasteiger partial charge in [-0.05, 0) is 37.3 Å². The lowest BCUT2D eigenvalue weighted by atomic mass is 10.0. The fourth-order valence-electron chi connectivity index (χ4n) is 3.41. The summed E-state index contributed by atoms with van der Waals surface area (Å²) in [6.45, 7) is 3.39. The molecule has 0 fully saturated rings. The number of amides is 1. The summed E-state index contributed by atoms with van der Waals surface area (Å²) in [6, 6.07) is 10.0. The van der Waals surface area contributed by atoms with Crippen LogP contribution in [0.3, 0.4) is 0 Å². The van der Waals surface area contributed by atoms with Crippen molar-refractivity contribution in [3.05, 3.63) is 70.8 Å². The molecule has 0 bridgehead atoms. The van der Waals surface area contributed by atoms with Crippen LogP contribution in [-0.2, 0) is 20.9 Å². The van der Waals surface area contributed by atoms with Crippen LogP contribution in [-0.4, -0.2) is 29.9 Å². The number of rotatable bonds is 5. The third-order valence-corrected chi connectivity index (χ3v) is 4.65. The van der Waals surface area contributed by atoms with Gasteiger partial charge in [0.05, 0.1) is 13.0 Å². The molecule has 0 radical (unpaired) electrons. The standard InChI is InChI=1S/C22H25NO3/c1-2-26-21(24)14-18-11-7-4-8-12-20-19(13-18)16-23(22(20)25)15-17-9-5-3-6-10-17/h3,5-6,8-10,12-13H,2,4,7,11,14-16H2,1H3/b12-8-,18-13+. The molecule has 0 atom stereocenters. The van der Waals surface area contributed by atoms with E-state index in [4.69, 9.17) is 4.74 Å². The molecule has 2 aliphatic rings. The number of hydrogen-bond donors (Lipinski definition) is 0. The number of nitrogens with zero attached hydrogens (tertiary/aromatic N) is 1. The van der Waals surface area contributed by atoms with E-state index in [1.54, 1.807) is 0 Å². The van der Waals surface area contributed by atoms with Crippen molar-refractivity contribution in [1.29, 1.82) is 0 Å². The third-order valence-electron chi connectivity index (χ3n) is 4.65. The molecule has 0 saturated heterocycles. The Morgan fingerprint density at radius 1 is 1.23 bits per heavy atom. The van der Waals surface area contributed by atoms with Crippen molar-refractivity contribution in [2.24, 2.45) is 0 Å². The monoisotopic (exact) mass is 351 g/mol. The molecule has 0 aromatic heterocycles. The molecule has 1 aliphatic heterocycles. The van der Waals surface area contributed by atoms with E-state index in [1.165, 1.54) is 0 Å². The first-order valence-corrected chi connectivity index (χ1v) is 9.25. The Morgan fingerprint density at radius 3 is 2.81 bits per heavy atom. The average molecular weight is 351 g/mol. The summed E-state index contributed by atoms with van der Waals surface area (Å²) in [5.74, 6) is -0.132. The molecule has 136 valence electrons. The molecule has 1 amide bonds. The fraction of sp³-hybridized carbons (Fsp3) is 0.364. The maximum atomic E-state index is 12.8. The predicted molar refractivity (Wildman–Crippen MR) is 101 cm³/mol. The smallest absolute Gasteiger partial charge is 0.309 e. The highest BCUT2D eigenvalue weighted by molar-refractivity contribution is 6.00. The minimum atomic E-state index is -0.196. The lowest BCUT2D eigenvalue weighted by Gasteiger charge is -2.17. The second kappa shape index (κ2) is 8.65. The summed E-state index contributed by atoms with van der Waals surface area (Å²) >= 11 is 0. The number of esters is 1. The van der Waals surface area contributed by atoms with Gasteiger partial charge in [0.2, 0.25) is 0 Å². The predicted octanol–water partition coefficient (Wildman–Crippen LogP) is 3.95. The number of hydrogen-bond acceptors (Lipinski definition) is 3. The quantitative estimate of drug-likeness (QED) is 0.755. The molecule has 3 rings (SSSR count). The summed E-state index contributed by atoms with van der Waals surface area (Å²) in [6.07, 6.45) is 9.11. The second-order valence-electron chi connectivity index (χ2n) is 6.66. The SMILES string of the molecule is CCOC(=O)C/C1=C/C2=C(/C=C\CCC1)C(=O)N(Cc1ccccc1)C2. The van der Waals surface area contributed by atoms with Gasteiger partial charge < -0.3 is 9.64 Å². The van der Waals surface area contributed by atoms with Gasteiger partial charge >= 0.3 is 5.97 Å². The van der Waals surface area contributed by atoms with Gasteiger partial charge in [-0.15, -0.1) is 0 Å². The van der Waals surface area contributed by atoms with Crippen LogP contribution in [0, 0.1) is 0 Å². The maximum absolute atomic E-state index is 12.8. The van der Waals surface area contributed by atoms with Gasteiger partial charge in [0.15, 0.2) is 0 Å². The van der Waals surface area contributed by atoms with Gasteiger partial charge in [-0.2, -0.15) is 0 Å². The summed E-state index contributed by atoms with van der Waals surface area (Å²) in [5, 5.41) is 0. The second-order valence-corrected chi connectivity index (χ2v) is 6.66. The van der Waals surface area contributed by atoms with Crippen LogP contribution >= 0.6 is 0 Å². The minimum absolute atomic E-state index is 0.0636. The van der Waals surface area contributed by atoms with E-state index in [0.29, 0.717) is 26.1 Å². The van der Waals surface area contributed by atoms with Crippen LogP contribution in [0.25, 0.3) is 0 Å². The maximum Gasteiger partial charge on any atom is 0.309 e. The zero-order valence-electron chi connectivity index (χ0n) is 15.2. The molecule has 1 aromatic rings. The summed E-state index contributed by atoms with van der Waals surface area (Å²) < 4.78 is 5.09. The molecule has 4 heteroatoms. The van der Waals surface area contributed by atoms with Gasteiger partial charge in [-0.25, -0.2) is 0 Å². The molecule has 0 spiro atoms. The summed E-state index contributed by atoms with van der Waals surface area (Å²) in [4.78, 5) is 26.6. The zero-order valence-corrected chi connectivity index (χ0v) is 15.2. The topological polar surface area (TPSA) is 46.6 Å². The summed E-state index contributed by atoms with van der Waals surface area (Å²) in [5.41, 5.74) is 3.93. The van der Waals surface area contributed by atoms with Crippen molar-refractivity contribution in [2.45, 2.75) is 39.2 Å². The van der Waals surface area contributed by atoms with E-state index in [2.05, 4.69) is 6.08 Å². The highest BCUT2D eigenvalue weighted by atomic mass is 16.5. The first-order chi connectivity index (χ1) is 12.7. The molecular weight excluding hydrogens is 326 g/mol. The Bertz CT molecular complexity index is 759. The number of ether oxygens (including phenoxy) is 1. The van der Waals surface area contributed by atoms with Crippen molar-refractivity contribution in [2.75, 3.05) is 13.2 Å². The Kier molecular flexibility index (Phi) is 6.05. The zero-order chi connectivity index (χ0) is 18.4. The van der Waals surface area contributed by atoms with Crippen LogP contribution in [0.2, 0.25) is 0 Å². The molecule has 0 N–H and O–H groups in total. The molecule has 1 aromatic carbocycles. The van der Waals surface area contributed by atoms with Gasteiger partial charge in [-0.3, -0.25) is 9.59 Å². The van der Waals surface area contributed by atoms with Crippen molar-refractivity contribution < 1.29 is 14.3 Å². The van der Waals surface area contributed by atoms with Gasteiger partial charge in [0, 0.05) is 18.7 Å². The molecular formula is C22H25NO3. The molecule has 4 nitrogen and oxygen atoms in total. The number of benzene rings is 1. The number of carbonyl (C=O) groups excluding carboxylic acids is 2. The molecule has 26 heavy (non-hydrogen) atoms. The van der Waals surface area contributed by atoms with Crippen LogP contribution in [0.15, 0.2) is 65.3 Å². The lowest BCUT2D eigenvalue weighted by Crippen LogP contribution is -2.26. The molecule has 0 unspecified atom stereocenters. The third kappa shape index (κ3) is 4.51. The highest BCUT2D eigenvalue weighted by Crippen LogP contribution is 2.28. The average Bonchev–Trinajstić information content (AvgIpc) is 2.95. The number of allylic oxidation sites excluding steroid dienone is 1. The van der Waals surface area contributed by atoms with Gasteiger partial charge in [0.25, 0.3) is 5.91 Å². The Labute approximate surface area is 154 Å². The van der Waals surface area contributed by atoms with Crippen molar-refractivity contribution in [1.82, 2.24) is 4.90 Å². The van der Waals surface area contributed by atoms with E-state index >= 15 is 0 Å². The van der Waals surface area contributed by atoms with E-state index in [1.807, 2.05) is 54.3 Å². The summed E-state index contributed by atoms with van der Waals surface area (Å²) in [7, 11) is 0. The number of carbonyl (C=O) groups is 2. The molecule has 1 heterocycles. The van der Waals surface area contributed by atoms with Crippen LogP contribution in [0.1, 0.15) is 38.2 Å². The first kappa shape index (κ1) is 18.2. The molecule has 0 saturated carbocycles. The van der Waals surface area contributed by atoms with E-state index in [9.17, 15) is 9.59 Å². The Hall–Kier alpha value is -2.62. The van der Waals surface area contributed by atoms with Crippen molar-refractivity contribution >= 4 is 11.9 Å². The van der Waals surface area contributed by atoms with Crippen LogP contribution in [0.5, 0.6) is 0 Å². The fourth-order valence-corrected chi connectivity index (χ4v) is 3.41. The molecule has 1 aliphatic carbocycles. The van der Waals surface area contributed by atoms with E-state index in [-0.39, 0.29) is 11.9 Å². The minimum Gasteiger partial charge on any atom is -0.466 e. The van der Waals surface area contributed by atoms with Gasteiger partial charge in [-0.1, -0.05) is 54.1 Å². The highest BCUT2D eigenvalue weighted by Gasteiger charge is 2.28. The van der Waals surface area contributed by atoms with Crippen molar-refractivity contribution in [3.8, 4) is 0 Å². The Balaban J connectivity index is 1.80. The largest absolute Gasteiger partial charge is 0.466 e. The van der Waals surface area contributed by atoms with E-state index < -0.39 is 0 Å².